The van der Waals surface area contributed by atoms with Crippen molar-refractivity contribution in [2.45, 2.75) is 52.6 Å². The maximum absolute atomic E-state index is 13.6. The second-order valence-corrected chi connectivity index (χ2v) is 10.4. The number of rotatable bonds is 16. The zero-order chi connectivity index (χ0) is 26.7. The lowest BCUT2D eigenvalue weighted by Gasteiger charge is -2.23. The Hall–Kier alpha value is -3.21. The number of aromatic nitrogens is 4. The van der Waals surface area contributed by atoms with Crippen LogP contribution < -0.4 is 20.1 Å². The highest BCUT2D eigenvalue weighted by molar-refractivity contribution is 7.57. The number of nitrogens with two attached hydrogens (primary N) is 1. The normalized spacial score (nSPS) is 13.7. The van der Waals surface area contributed by atoms with E-state index in [9.17, 15) is 9.36 Å². The molecule has 0 aliphatic carbocycles. The minimum Gasteiger partial charge on any atom is -0.476 e. The number of esters is 1. The summed E-state index contributed by atoms with van der Waals surface area (Å²) in [5.74, 6) is 0.289. The lowest BCUT2D eigenvalue weighted by atomic mass is 10.3. The number of hydrogen-bond donors (Lipinski definition) is 2. The smallest absolute Gasteiger partial charge is 0.342 e. The van der Waals surface area contributed by atoms with Gasteiger partial charge < -0.3 is 29.0 Å². The summed E-state index contributed by atoms with van der Waals surface area (Å²) in [5, 5.41) is 2.77. The molecule has 0 aliphatic rings. The zero-order valence-electron chi connectivity index (χ0n) is 21.5. The molecule has 37 heavy (non-hydrogen) atoms. The van der Waals surface area contributed by atoms with Crippen LogP contribution in [0.25, 0.3) is 11.2 Å². The van der Waals surface area contributed by atoms with E-state index in [-0.39, 0.29) is 25.5 Å². The van der Waals surface area contributed by atoms with Crippen LogP contribution in [0.3, 0.4) is 0 Å². The van der Waals surface area contributed by atoms with Crippen LogP contribution in [-0.2, 0) is 25.4 Å². The van der Waals surface area contributed by atoms with E-state index in [1.54, 1.807) is 42.1 Å². The maximum atomic E-state index is 13.6. The second-order valence-electron chi connectivity index (χ2n) is 8.33. The quantitative estimate of drug-likeness (QED) is 0.157. The molecule has 13 heteroatoms. The average Bonchev–Trinajstić information content (AvgIpc) is 3.28. The largest absolute Gasteiger partial charge is 0.476 e. The number of benzene rings is 1. The predicted octanol–water partition coefficient (Wildman–Crippen LogP) is 3.76. The Kier molecular flexibility index (Phi) is 10.7. The van der Waals surface area contributed by atoms with Crippen molar-refractivity contribution in [2.24, 2.45) is 0 Å². The number of para-hydroxylation sites is 1. The van der Waals surface area contributed by atoms with Gasteiger partial charge in [-0.05, 0) is 31.9 Å². The first-order valence-corrected chi connectivity index (χ1v) is 14.1. The van der Waals surface area contributed by atoms with Crippen LogP contribution >= 0.6 is 7.52 Å². The SMILES string of the molecule is CCCCOc1nc(N)nc2c1ncn2CCOCP(=O)(N[C@@H](C)C(=O)OCCC)Oc1ccccc1. The summed E-state index contributed by atoms with van der Waals surface area (Å²) in [7, 11) is -3.63. The Morgan fingerprint density at radius 1 is 1.14 bits per heavy atom. The van der Waals surface area contributed by atoms with Crippen molar-refractivity contribution < 1.29 is 28.1 Å². The van der Waals surface area contributed by atoms with Crippen LogP contribution in [0, 0.1) is 0 Å². The highest BCUT2D eigenvalue weighted by Gasteiger charge is 2.31. The molecule has 0 saturated heterocycles. The van der Waals surface area contributed by atoms with Crippen molar-refractivity contribution >= 4 is 30.6 Å². The van der Waals surface area contributed by atoms with E-state index in [0.717, 1.165) is 12.8 Å². The maximum Gasteiger partial charge on any atom is 0.342 e. The van der Waals surface area contributed by atoms with Gasteiger partial charge in [-0.3, -0.25) is 9.36 Å². The summed E-state index contributed by atoms with van der Waals surface area (Å²) in [6.45, 7) is 6.84. The average molecular weight is 535 g/mol. The molecule has 3 rings (SSSR count). The third-order valence-electron chi connectivity index (χ3n) is 5.11. The van der Waals surface area contributed by atoms with E-state index in [0.29, 0.717) is 42.4 Å². The van der Waals surface area contributed by atoms with Crippen molar-refractivity contribution in [1.82, 2.24) is 24.6 Å². The molecule has 0 saturated carbocycles. The molecule has 2 aromatic heterocycles. The molecule has 2 atom stereocenters. The number of nitrogens with zero attached hydrogens (tertiary/aromatic N) is 4. The van der Waals surface area contributed by atoms with Crippen molar-refractivity contribution in [3.63, 3.8) is 0 Å². The third kappa shape index (κ3) is 8.41. The van der Waals surface area contributed by atoms with Crippen LogP contribution in [-0.4, -0.2) is 57.7 Å². The number of imidazole rings is 1. The molecule has 0 radical (unpaired) electrons. The first-order valence-electron chi connectivity index (χ1n) is 12.3. The van der Waals surface area contributed by atoms with Crippen molar-refractivity contribution in [3.05, 3.63) is 36.7 Å². The Labute approximate surface area is 216 Å². The van der Waals surface area contributed by atoms with Gasteiger partial charge in [-0.1, -0.05) is 38.5 Å². The molecule has 1 aromatic carbocycles. The van der Waals surface area contributed by atoms with Crippen LogP contribution in [0.5, 0.6) is 11.6 Å². The van der Waals surface area contributed by atoms with Crippen LogP contribution in [0.1, 0.15) is 40.0 Å². The van der Waals surface area contributed by atoms with Gasteiger partial charge in [-0.2, -0.15) is 9.97 Å². The molecule has 2 heterocycles. The van der Waals surface area contributed by atoms with Gasteiger partial charge in [0.05, 0.1) is 26.1 Å². The number of anilines is 1. The van der Waals surface area contributed by atoms with E-state index < -0.39 is 19.5 Å². The topological polar surface area (TPSA) is 153 Å². The lowest BCUT2D eigenvalue weighted by molar-refractivity contribution is -0.145. The lowest BCUT2D eigenvalue weighted by Crippen LogP contribution is -2.35. The molecular formula is C24H35N6O6P. The molecule has 0 spiro atoms. The van der Waals surface area contributed by atoms with E-state index in [4.69, 9.17) is 24.5 Å². The van der Waals surface area contributed by atoms with Crippen LogP contribution in [0.2, 0.25) is 0 Å². The van der Waals surface area contributed by atoms with E-state index in [1.165, 1.54) is 0 Å². The van der Waals surface area contributed by atoms with E-state index >= 15 is 0 Å². The summed E-state index contributed by atoms with van der Waals surface area (Å²) < 4.78 is 37.7. The number of nitrogens with one attached hydrogen (secondary N) is 1. The third-order valence-corrected chi connectivity index (χ3v) is 6.92. The monoisotopic (exact) mass is 534 g/mol. The first kappa shape index (κ1) is 28.4. The number of hydrogen-bond acceptors (Lipinski definition) is 10. The highest BCUT2D eigenvalue weighted by Crippen LogP contribution is 2.43. The summed E-state index contributed by atoms with van der Waals surface area (Å²) in [5.41, 5.74) is 6.88. The molecule has 0 amide bonds. The van der Waals surface area contributed by atoms with Crippen LogP contribution in [0.15, 0.2) is 36.7 Å². The standard InChI is InChI=1S/C24H35N6O6P/c1-4-6-14-34-22-20-21(27-24(25)28-22)30(16-26-20)12-15-33-17-37(32,36-19-10-8-7-9-11-19)29-18(3)23(31)35-13-5-2/h7-11,16,18H,4-6,12-15,17H2,1-3H3,(H,29,32)(H2,25,27,28)/t18-,37?/m0/s1. The van der Waals surface area contributed by atoms with Gasteiger partial charge in [0.1, 0.15) is 18.1 Å². The summed E-state index contributed by atoms with van der Waals surface area (Å²) >= 11 is 0. The van der Waals surface area contributed by atoms with Gasteiger partial charge in [-0.25, -0.2) is 10.1 Å². The number of nitrogen functional groups attached to an aromatic ring is 1. The molecule has 0 fully saturated rings. The molecular weight excluding hydrogens is 499 g/mol. The van der Waals surface area contributed by atoms with Gasteiger partial charge in [-0.15, -0.1) is 0 Å². The number of fused-ring (bicyclic) bond motifs is 1. The number of carbonyl (C=O) groups excluding carboxylic acids is 1. The minimum absolute atomic E-state index is 0.0792. The molecule has 3 N–H and O–H groups in total. The van der Waals surface area contributed by atoms with Gasteiger partial charge in [0.25, 0.3) is 0 Å². The first-order chi connectivity index (χ1) is 17.8. The Balaban J connectivity index is 1.65. The van der Waals surface area contributed by atoms with E-state index in [2.05, 4.69) is 27.0 Å². The molecule has 1 unspecified atom stereocenters. The molecule has 0 bridgehead atoms. The fourth-order valence-corrected chi connectivity index (χ4v) is 4.98. The Morgan fingerprint density at radius 2 is 1.92 bits per heavy atom. The zero-order valence-corrected chi connectivity index (χ0v) is 22.4. The fraction of sp³-hybridized carbons (Fsp3) is 0.500. The van der Waals surface area contributed by atoms with Crippen molar-refractivity contribution in [1.29, 1.82) is 0 Å². The Morgan fingerprint density at radius 3 is 2.65 bits per heavy atom. The molecule has 202 valence electrons. The van der Waals surface area contributed by atoms with Crippen molar-refractivity contribution in [3.8, 4) is 11.6 Å². The van der Waals surface area contributed by atoms with Gasteiger partial charge in [0.15, 0.2) is 11.2 Å². The Bertz CT molecular complexity index is 1190. The molecule has 3 aromatic rings. The molecule has 0 aliphatic heterocycles. The van der Waals surface area contributed by atoms with Gasteiger partial charge in [0, 0.05) is 6.54 Å². The summed E-state index contributed by atoms with van der Waals surface area (Å²) in [4.78, 5) is 25.0. The van der Waals surface area contributed by atoms with Crippen molar-refractivity contribution in [2.75, 3.05) is 31.9 Å². The van der Waals surface area contributed by atoms with Gasteiger partial charge >= 0.3 is 13.5 Å². The van der Waals surface area contributed by atoms with Crippen LogP contribution in [0.4, 0.5) is 5.95 Å². The number of unbranched alkanes of at least 4 members (excludes halogenated alkanes) is 1. The second kappa shape index (κ2) is 13.9. The number of carbonyl (C=O) groups is 1. The molecule has 12 nitrogen and oxygen atoms in total. The summed E-state index contributed by atoms with van der Waals surface area (Å²) in [6, 6.07) is 7.84. The fourth-order valence-electron chi connectivity index (χ4n) is 3.28. The highest BCUT2D eigenvalue weighted by atomic mass is 31.2. The number of ether oxygens (including phenoxy) is 3. The van der Waals surface area contributed by atoms with E-state index in [1.807, 2.05) is 13.0 Å². The summed E-state index contributed by atoms with van der Waals surface area (Å²) in [6.07, 6.45) is 3.88. The minimum atomic E-state index is -3.63. The van der Waals surface area contributed by atoms with Gasteiger partial charge in [0.2, 0.25) is 11.8 Å². The predicted molar refractivity (Wildman–Crippen MR) is 139 cm³/mol.